The van der Waals surface area contributed by atoms with E-state index >= 15 is 0 Å². The molecule has 0 fully saturated rings. The Morgan fingerprint density at radius 2 is 1.78 bits per heavy atom. The number of fused-ring (bicyclic) bond motifs is 1. The molecular weight excluding hydrogens is 290 g/mol. The van der Waals surface area contributed by atoms with Crippen LogP contribution in [0.2, 0.25) is 0 Å². The highest BCUT2D eigenvalue weighted by Crippen LogP contribution is 2.42. The summed E-state index contributed by atoms with van der Waals surface area (Å²) in [4.78, 5) is 26.3. The van der Waals surface area contributed by atoms with E-state index in [2.05, 4.69) is 5.92 Å². The fourth-order valence-corrected chi connectivity index (χ4v) is 3.11. The van der Waals surface area contributed by atoms with Crippen molar-refractivity contribution in [2.45, 2.75) is 18.5 Å². The summed E-state index contributed by atoms with van der Waals surface area (Å²) >= 11 is 0. The molecule has 4 heteroatoms. The van der Waals surface area contributed by atoms with Crippen molar-refractivity contribution < 1.29 is 14.7 Å². The van der Waals surface area contributed by atoms with Gasteiger partial charge in [0.05, 0.1) is 0 Å². The molecule has 0 saturated carbocycles. The van der Waals surface area contributed by atoms with Crippen LogP contribution >= 0.6 is 0 Å². The Balaban J connectivity index is 2.15. The fraction of sp³-hybridized carbons (Fsp3) is 0.158. The van der Waals surface area contributed by atoms with Gasteiger partial charge in [0.2, 0.25) is 0 Å². The molecule has 0 aromatic heterocycles. The van der Waals surface area contributed by atoms with Crippen molar-refractivity contribution in [2.24, 2.45) is 0 Å². The van der Waals surface area contributed by atoms with E-state index < -0.39 is 11.5 Å². The zero-order valence-corrected chi connectivity index (χ0v) is 12.4. The number of nitrogens with zero attached hydrogens (tertiary/aromatic N) is 1. The van der Waals surface area contributed by atoms with Crippen LogP contribution in [0.4, 0.5) is 0 Å². The van der Waals surface area contributed by atoms with Crippen LogP contribution in [0.3, 0.4) is 0 Å². The number of aliphatic carboxylic acids is 1. The number of carboxylic acids is 1. The van der Waals surface area contributed by atoms with Crippen molar-refractivity contribution in [2.75, 3.05) is 0 Å². The second kappa shape index (κ2) is 5.62. The van der Waals surface area contributed by atoms with Crippen LogP contribution in [0.15, 0.2) is 54.6 Å². The fourth-order valence-electron chi connectivity index (χ4n) is 3.11. The summed E-state index contributed by atoms with van der Waals surface area (Å²) < 4.78 is 0. The van der Waals surface area contributed by atoms with E-state index in [1.54, 1.807) is 24.3 Å². The molecule has 0 bridgehead atoms. The normalized spacial score (nSPS) is 19.3. The SMILES string of the molecule is C#CCC1(C(=O)O)c2ccccc2C(=O)N1Cc1ccccc1. The Hall–Kier alpha value is -3.06. The minimum Gasteiger partial charge on any atom is -0.479 e. The molecule has 1 heterocycles. The van der Waals surface area contributed by atoms with Gasteiger partial charge >= 0.3 is 5.97 Å². The first-order valence-electron chi connectivity index (χ1n) is 7.23. The van der Waals surface area contributed by atoms with E-state index in [0.717, 1.165) is 5.56 Å². The van der Waals surface area contributed by atoms with Crippen LogP contribution in [0.1, 0.15) is 27.9 Å². The lowest BCUT2D eigenvalue weighted by Crippen LogP contribution is -2.49. The van der Waals surface area contributed by atoms with Gasteiger partial charge in [-0.05, 0) is 11.6 Å². The van der Waals surface area contributed by atoms with Crippen LogP contribution in [-0.4, -0.2) is 21.9 Å². The lowest BCUT2D eigenvalue weighted by Gasteiger charge is -2.34. The molecule has 3 rings (SSSR count). The van der Waals surface area contributed by atoms with Crippen molar-refractivity contribution >= 4 is 11.9 Å². The van der Waals surface area contributed by atoms with E-state index in [9.17, 15) is 14.7 Å². The first-order valence-corrected chi connectivity index (χ1v) is 7.23. The number of carboxylic acid groups (broad SMARTS) is 1. The molecule has 4 nitrogen and oxygen atoms in total. The highest BCUT2D eigenvalue weighted by molar-refractivity contribution is 6.05. The van der Waals surface area contributed by atoms with Crippen LogP contribution < -0.4 is 0 Å². The molecule has 0 radical (unpaired) electrons. The van der Waals surface area contributed by atoms with Gasteiger partial charge in [-0.3, -0.25) is 4.79 Å². The Bertz CT molecular complexity index is 807. The Kier molecular flexibility index (Phi) is 3.63. The zero-order valence-electron chi connectivity index (χ0n) is 12.4. The summed E-state index contributed by atoms with van der Waals surface area (Å²) in [6.07, 6.45) is 5.37. The first kappa shape index (κ1) is 14.9. The summed E-state index contributed by atoms with van der Waals surface area (Å²) in [5.74, 6) is 1.02. The highest BCUT2D eigenvalue weighted by atomic mass is 16.4. The van der Waals surface area contributed by atoms with Gasteiger partial charge in [-0.2, -0.15) is 0 Å². The number of hydrogen-bond acceptors (Lipinski definition) is 2. The molecule has 114 valence electrons. The molecule has 1 aliphatic rings. The van der Waals surface area contributed by atoms with Crippen LogP contribution in [0, 0.1) is 12.3 Å². The molecule has 2 aromatic rings. The molecular formula is C19H15NO3. The average molecular weight is 305 g/mol. The maximum Gasteiger partial charge on any atom is 0.335 e. The van der Waals surface area contributed by atoms with Gasteiger partial charge in [0.1, 0.15) is 0 Å². The molecule has 2 aromatic carbocycles. The number of carbonyl (C=O) groups excluding carboxylic acids is 1. The lowest BCUT2D eigenvalue weighted by atomic mass is 9.86. The van der Waals surface area contributed by atoms with Crippen LogP contribution in [0.5, 0.6) is 0 Å². The molecule has 1 amide bonds. The van der Waals surface area contributed by atoms with Gasteiger partial charge in [-0.15, -0.1) is 12.3 Å². The van der Waals surface area contributed by atoms with Crippen LogP contribution in [0.25, 0.3) is 0 Å². The average Bonchev–Trinajstić information content (AvgIpc) is 2.80. The number of amides is 1. The van der Waals surface area contributed by atoms with E-state index in [1.807, 2.05) is 30.3 Å². The molecule has 0 aliphatic carbocycles. The van der Waals surface area contributed by atoms with Gasteiger partial charge in [0, 0.05) is 24.1 Å². The lowest BCUT2D eigenvalue weighted by molar-refractivity contribution is -0.150. The molecule has 0 saturated heterocycles. The predicted octanol–water partition coefficient (Wildman–Crippen LogP) is 2.65. The number of rotatable bonds is 4. The van der Waals surface area contributed by atoms with Gasteiger partial charge in [-0.1, -0.05) is 48.5 Å². The molecule has 1 atom stereocenters. The molecule has 23 heavy (non-hydrogen) atoms. The minimum atomic E-state index is -1.52. The zero-order chi connectivity index (χ0) is 16.4. The summed E-state index contributed by atoms with van der Waals surface area (Å²) in [6.45, 7) is 0.197. The third-order valence-electron chi connectivity index (χ3n) is 4.20. The third kappa shape index (κ3) is 2.18. The Morgan fingerprint density at radius 1 is 1.13 bits per heavy atom. The summed E-state index contributed by atoms with van der Waals surface area (Å²) in [6, 6.07) is 16.1. The van der Waals surface area contributed by atoms with E-state index in [4.69, 9.17) is 6.42 Å². The van der Waals surface area contributed by atoms with Crippen LogP contribution in [-0.2, 0) is 16.9 Å². The minimum absolute atomic E-state index is 0.0715. The Morgan fingerprint density at radius 3 is 2.43 bits per heavy atom. The molecule has 1 unspecified atom stereocenters. The highest BCUT2D eigenvalue weighted by Gasteiger charge is 2.54. The molecule has 1 N–H and O–H groups in total. The second-order valence-corrected chi connectivity index (χ2v) is 5.47. The van der Waals surface area contributed by atoms with Crippen molar-refractivity contribution in [1.82, 2.24) is 4.90 Å². The summed E-state index contributed by atoms with van der Waals surface area (Å²) in [7, 11) is 0. The predicted molar refractivity (Wildman–Crippen MR) is 85.5 cm³/mol. The number of benzene rings is 2. The van der Waals surface area contributed by atoms with E-state index in [1.165, 1.54) is 4.90 Å². The molecule has 0 spiro atoms. The second-order valence-electron chi connectivity index (χ2n) is 5.47. The number of hydrogen-bond donors (Lipinski definition) is 1. The van der Waals surface area contributed by atoms with Gasteiger partial charge in [0.15, 0.2) is 5.54 Å². The third-order valence-corrected chi connectivity index (χ3v) is 4.20. The smallest absolute Gasteiger partial charge is 0.335 e. The van der Waals surface area contributed by atoms with Gasteiger partial charge in [0.25, 0.3) is 5.91 Å². The van der Waals surface area contributed by atoms with E-state index in [-0.39, 0.29) is 18.9 Å². The molecule has 1 aliphatic heterocycles. The maximum atomic E-state index is 12.8. The van der Waals surface area contributed by atoms with Crippen molar-refractivity contribution in [1.29, 1.82) is 0 Å². The van der Waals surface area contributed by atoms with Crippen molar-refractivity contribution in [3.8, 4) is 12.3 Å². The Labute approximate surface area is 134 Å². The van der Waals surface area contributed by atoms with Crippen molar-refractivity contribution in [3.05, 3.63) is 71.3 Å². The van der Waals surface area contributed by atoms with E-state index in [0.29, 0.717) is 11.1 Å². The van der Waals surface area contributed by atoms with Crippen molar-refractivity contribution in [3.63, 3.8) is 0 Å². The largest absolute Gasteiger partial charge is 0.479 e. The monoisotopic (exact) mass is 305 g/mol. The van der Waals surface area contributed by atoms with Gasteiger partial charge in [-0.25, -0.2) is 4.79 Å². The standard InChI is InChI=1S/C19H15NO3/c1-2-12-19(18(22)23)16-11-7-6-10-15(16)17(21)20(19)13-14-8-4-3-5-9-14/h1,3-11H,12-13H2,(H,22,23). The number of carbonyl (C=O) groups is 2. The number of terminal acetylenes is 1. The summed E-state index contributed by atoms with van der Waals surface area (Å²) in [5.41, 5.74) is 0.210. The van der Waals surface area contributed by atoms with Gasteiger partial charge < -0.3 is 10.0 Å². The summed E-state index contributed by atoms with van der Waals surface area (Å²) in [5, 5.41) is 9.92. The topological polar surface area (TPSA) is 57.6 Å². The quantitative estimate of drug-likeness (QED) is 0.884. The maximum absolute atomic E-state index is 12.8. The first-order chi connectivity index (χ1) is 11.1.